The van der Waals surface area contributed by atoms with Crippen molar-refractivity contribution in [2.24, 2.45) is 0 Å². The lowest BCUT2D eigenvalue weighted by Gasteiger charge is -2.32. The Kier molecular flexibility index (Phi) is 6.97. The van der Waals surface area contributed by atoms with Gasteiger partial charge in [0.05, 0.1) is 17.0 Å². The van der Waals surface area contributed by atoms with Gasteiger partial charge in [-0.05, 0) is 55.8 Å². The van der Waals surface area contributed by atoms with Gasteiger partial charge in [0.25, 0.3) is 5.91 Å². The number of sulfonamides is 1. The Bertz CT molecular complexity index is 934. The van der Waals surface area contributed by atoms with Gasteiger partial charge in [0, 0.05) is 44.3 Å². The molecule has 0 bridgehead atoms. The van der Waals surface area contributed by atoms with Crippen LogP contribution in [0.25, 0.3) is 0 Å². The minimum absolute atomic E-state index is 0.128. The number of benzene rings is 1. The molecule has 8 heteroatoms. The minimum Gasteiger partial charge on any atom is -0.371 e. The van der Waals surface area contributed by atoms with Crippen LogP contribution in [-0.4, -0.2) is 57.3 Å². The van der Waals surface area contributed by atoms with Gasteiger partial charge in [0.2, 0.25) is 10.0 Å². The van der Waals surface area contributed by atoms with Crippen molar-refractivity contribution in [1.29, 1.82) is 0 Å². The number of rotatable bonds is 7. The van der Waals surface area contributed by atoms with Crippen molar-refractivity contribution in [2.75, 3.05) is 38.6 Å². The molecule has 1 fully saturated rings. The van der Waals surface area contributed by atoms with E-state index in [1.807, 2.05) is 24.4 Å². The lowest BCUT2D eigenvalue weighted by Crippen LogP contribution is -2.35. The van der Waals surface area contributed by atoms with E-state index < -0.39 is 10.0 Å². The fourth-order valence-electron chi connectivity index (χ4n) is 3.56. The number of thiophene rings is 1. The van der Waals surface area contributed by atoms with E-state index in [0.717, 1.165) is 36.5 Å². The second kappa shape index (κ2) is 9.28. The van der Waals surface area contributed by atoms with Crippen molar-refractivity contribution in [3.8, 4) is 0 Å². The number of hydrogen-bond acceptors (Lipinski definition) is 5. The van der Waals surface area contributed by atoms with E-state index in [9.17, 15) is 13.2 Å². The first-order chi connectivity index (χ1) is 13.8. The minimum atomic E-state index is -3.62. The van der Waals surface area contributed by atoms with Crippen molar-refractivity contribution in [2.45, 2.75) is 37.6 Å². The second-order valence-corrected chi connectivity index (χ2v) is 10.6. The second-order valence-electron chi connectivity index (χ2n) is 7.41. The summed E-state index contributed by atoms with van der Waals surface area (Å²) in [5, 5.41) is 2.00. The van der Waals surface area contributed by atoms with Gasteiger partial charge in [-0.2, -0.15) is 0 Å². The van der Waals surface area contributed by atoms with Crippen LogP contribution in [0.15, 0.2) is 40.6 Å². The molecule has 29 heavy (non-hydrogen) atoms. The Balaban J connectivity index is 2.02. The number of nitrogens with zero attached hydrogens (tertiary/aromatic N) is 3. The van der Waals surface area contributed by atoms with Crippen molar-refractivity contribution in [1.82, 2.24) is 9.21 Å². The van der Waals surface area contributed by atoms with Gasteiger partial charge in [-0.3, -0.25) is 4.79 Å². The average Bonchev–Trinajstić information content (AvgIpc) is 3.24. The van der Waals surface area contributed by atoms with Crippen LogP contribution in [-0.2, 0) is 16.6 Å². The molecule has 0 saturated carbocycles. The molecular formula is C21H29N3O3S2. The highest BCUT2D eigenvalue weighted by Gasteiger charge is 2.26. The van der Waals surface area contributed by atoms with E-state index in [1.54, 1.807) is 34.4 Å². The highest BCUT2D eigenvalue weighted by molar-refractivity contribution is 7.89. The highest BCUT2D eigenvalue weighted by Crippen LogP contribution is 2.29. The van der Waals surface area contributed by atoms with Crippen molar-refractivity contribution >= 4 is 33.0 Å². The maximum atomic E-state index is 13.5. The Hall–Kier alpha value is -1.90. The topological polar surface area (TPSA) is 60.9 Å². The Morgan fingerprint density at radius 1 is 1.14 bits per heavy atom. The molecular weight excluding hydrogens is 406 g/mol. The summed E-state index contributed by atoms with van der Waals surface area (Å²) in [7, 11) is -0.608. The summed E-state index contributed by atoms with van der Waals surface area (Å²) in [6, 6.07) is 8.96. The first kappa shape index (κ1) is 21.8. The predicted molar refractivity (Wildman–Crippen MR) is 118 cm³/mol. The quantitative estimate of drug-likeness (QED) is 0.666. The molecule has 1 aliphatic rings. The molecule has 0 atom stereocenters. The third-order valence-electron chi connectivity index (χ3n) is 5.27. The van der Waals surface area contributed by atoms with E-state index in [1.165, 1.54) is 24.8 Å². The SMILES string of the molecule is CCN(Cc1cccs1)C(=O)c1cc(S(=O)(=O)N(C)C)ccc1N1CCCCC1. The van der Waals surface area contributed by atoms with Gasteiger partial charge >= 0.3 is 0 Å². The fraction of sp³-hybridized carbons (Fsp3) is 0.476. The number of carbonyl (C=O) groups excluding carboxylic acids is 1. The van der Waals surface area contributed by atoms with Gasteiger partial charge in [-0.25, -0.2) is 12.7 Å². The first-order valence-corrected chi connectivity index (χ1v) is 12.3. The van der Waals surface area contributed by atoms with Crippen LogP contribution >= 0.6 is 11.3 Å². The first-order valence-electron chi connectivity index (χ1n) is 9.97. The molecule has 1 saturated heterocycles. The fourth-order valence-corrected chi connectivity index (χ4v) is 5.20. The van der Waals surface area contributed by atoms with E-state index in [-0.39, 0.29) is 10.8 Å². The molecule has 2 heterocycles. The Morgan fingerprint density at radius 3 is 2.45 bits per heavy atom. The molecule has 0 aliphatic carbocycles. The number of amides is 1. The van der Waals surface area contributed by atoms with Crippen LogP contribution in [0.1, 0.15) is 41.4 Å². The zero-order valence-electron chi connectivity index (χ0n) is 17.3. The van der Waals surface area contributed by atoms with E-state index in [0.29, 0.717) is 18.7 Å². The van der Waals surface area contributed by atoms with Crippen molar-refractivity contribution < 1.29 is 13.2 Å². The summed E-state index contributed by atoms with van der Waals surface area (Å²) in [4.78, 5) is 18.8. The third-order valence-corrected chi connectivity index (χ3v) is 7.94. The predicted octanol–water partition coefficient (Wildman–Crippen LogP) is 3.65. The Labute approximate surface area is 177 Å². The van der Waals surface area contributed by atoms with Crippen LogP contribution in [0, 0.1) is 0 Å². The molecule has 1 aromatic carbocycles. The third kappa shape index (κ3) is 4.82. The number of carbonyl (C=O) groups is 1. The van der Waals surface area contributed by atoms with E-state index >= 15 is 0 Å². The van der Waals surface area contributed by atoms with E-state index in [4.69, 9.17) is 0 Å². The van der Waals surface area contributed by atoms with Crippen molar-refractivity contribution in [3.63, 3.8) is 0 Å². The molecule has 0 spiro atoms. The van der Waals surface area contributed by atoms with Crippen LogP contribution in [0.3, 0.4) is 0 Å². The molecule has 1 amide bonds. The van der Waals surface area contributed by atoms with Gasteiger partial charge in [-0.15, -0.1) is 11.3 Å². The van der Waals surface area contributed by atoms with Crippen LogP contribution in [0.4, 0.5) is 5.69 Å². The molecule has 1 aliphatic heterocycles. The Morgan fingerprint density at radius 2 is 1.86 bits per heavy atom. The van der Waals surface area contributed by atoms with Gasteiger partial charge in [0.1, 0.15) is 0 Å². The summed E-state index contributed by atoms with van der Waals surface area (Å²) >= 11 is 1.62. The summed E-state index contributed by atoms with van der Waals surface area (Å²) in [6.07, 6.45) is 3.35. The lowest BCUT2D eigenvalue weighted by atomic mass is 10.1. The molecule has 3 rings (SSSR count). The largest absolute Gasteiger partial charge is 0.371 e. The maximum absolute atomic E-state index is 13.5. The number of piperidine rings is 1. The van der Waals surface area contributed by atoms with Gasteiger partial charge in [-0.1, -0.05) is 6.07 Å². The van der Waals surface area contributed by atoms with E-state index in [2.05, 4.69) is 4.90 Å². The summed E-state index contributed by atoms with van der Waals surface area (Å²) in [6.45, 7) is 4.80. The van der Waals surface area contributed by atoms with Gasteiger partial charge in [0.15, 0.2) is 0 Å². The average molecular weight is 436 g/mol. The maximum Gasteiger partial charge on any atom is 0.256 e. The lowest BCUT2D eigenvalue weighted by molar-refractivity contribution is 0.0754. The summed E-state index contributed by atoms with van der Waals surface area (Å²) in [5.74, 6) is -0.128. The van der Waals surface area contributed by atoms with Crippen LogP contribution < -0.4 is 4.90 Å². The number of hydrogen-bond donors (Lipinski definition) is 0. The normalized spacial score (nSPS) is 15.0. The molecule has 0 unspecified atom stereocenters. The highest BCUT2D eigenvalue weighted by atomic mass is 32.2. The molecule has 6 nitrogen and oxygen atoms in total. The molecule has 158 valence electrons. The monoisotopic (exact) mass is 435 g/mol. The van der Waals surface area contributed by atoms with Crippen LogP contribution in [0.2, 0.25) is 0 Å². The summed E-state index contributed by atoms with van der Waals surface area (Å²) < 4.78 is 26.5. The molecule has 0 N–H and O–H groups in total. The molecule has 1 aromatic heterocycles. The summed E-state index contributed by atoms with van der Waals surface area (Å²) in [5.41, 5.74) is 1.30. The van der Waals surface area contributed by atoms with Crippen LogP contribution in [0.5, 0.6) is 0 Å². The van der Waals surface area contributed by atoms with Gasteiger partial charge < -0.3 is 9.80 Å². The standard InChI is InChI=1S/C21H29N3O3S2/c1-4-23(16-17-9-8-14-28-17)21(25)19-15-18(29(26,27)22(2)3)10-11-20(19)24-12-6-5-7-13-24/h8-11,14-15H,4-7,12-13,16H2,1-3H3. The van der Waals surface area contributed by atoms with Crippen molar-refractivity contribution in [3.05, 3.63) is 46.2 Å². The zero-order valence-corrected chi connectivity index (χ0v) is 18.9. The molecule has 0 radical (unpaired) electrons. The number of anilines is 1. The molecule has 2 aromatic rings. The smallest absolute Gasteiger partial charge is 0.256 e. The zero-order chi connectivity index (χ0) is 21.0.